The van der Waals surface area contributed by atoms with E-state index in [1.807, 2.05) is 72.8 Å². The Balaban J connectivity index is 1.37. The van der Waals surface area contributed by atoms with Crippen molar-refractivity contribution in [2.45, 2.75) is 30.6 Å². The van der Waals surface area contributed by atoms with Crippen molar-refractivity contribution >= 4 is 17.0 Å². The standard InChI is InChI=1S/C25H24N4O5/c30-15-21-23(31)22(29-14-20(27-28-29)17-8-2-1-3-9-17)24(32)25(33-21)34-26-13-18-11-6-10-16-7-4-5-12-19(16)18/h1-14,21-25,30-32H,15H2/b26-13+/t21-,22+,23+,24-,25+/m1/s1. The summed E-state index contributed by atoms with van der Waals surface area (Å²) in [6, 6.07) is 22.2. The highest BCUT2D eigenvalue weighted by Crippen LogP contribution is 2.31. The highest BCUT2D eigenvalue weighted by molar-refractivity contribution is 5.99. The molecule has 0 unspecified atom stereocenters. The number of nitrogens with zero attached hydrogens (tertiary/aromatic N) is 4. The van der Waals surface area contributed by atoms with Gasteiger partial charge in [0.1, 0.15) is 30.0 Å². The van der Waals surface area contributed by atoms with Gasteiger partial charge in [0.2, 0.25) is 0 Å². The molecule has 1 aliphatic heterocycles. The number of oxime groups is 1. The normalized spacial score (nSPS) is 25.1. The molecule has 174 valence electrons. The van der Waals surface area contributed by atoms with E-state index in [4.69, 9.17) is 9.57 Å². The second-order valence-electron chi connectivity index (χ2n) is 8.06. The summed E-state index contributed by atoms with van der Waals surface area (Å²) in [5.41, 5.74) is 2.26. The van der Waals surface area contributed by atoms with E-state index in [2.05, 4.69) is 15.5 Å². The lowest BCUT2D eigenvalue weighted by atomic mass is 9.96. The van der Waals surface area contributed by atoms with Gasteiger partial charge in [-0.05, 0) is 10.8 Å². The molecule has 5 atom stereocenters. The van der Waals surface area contributed by atoms with E-state index in [0.717, 1.165) is 21.9 Å². The van der Waals surface area contributed by atoms with Gasteiger partial charge in [0.05, 0.1) is 19.0 Å². The molecule has 1 aromatic heterocycles. The van der Waals surface area contributed by atoms with Crippen molar-refractivity contribution in [1.29, 1.82) is 0 Å². The van der Waals surface area contributed by atoms with Crippen LogP contribution in [-0.4, -0.2) is 67.7 Å². The van der Waals surface area contributed by atoms with Crippen LogP contribution in [0, 0.1) is 0 Å². The first-order valence-corrected chi connectivity index (χ1v) is 10.9. The largest absolute Gasteiger partial charge is 0.394 e. The monoisotopic (exact) mass is 460 g/mol. The minimum atomic E-state index is -1.33. The maximum atomic E-state index is 11.0. The fourth-order valence-corrected chi connectivity index (χ4v) is 4.14. The maximum Gasteiger partial charge on any atom is 0.255 e. The summed E-state index contributed by atoms with van der Waals surface area (Å²) in [7, 11) is 0. The van der Waals surface area contributed by atoms with E-state index in [1.165, 1.54) is 10.9 Å². The first-order chi connectivity index (χ1) is 16.7. The van der Waals surface area contributed by atoms with Crippen molar-refractivity contribution in [2.75, 3.05) is 6.61 Å². The van der Waals surface area contributed by atoms with Crippen LogP contribution in [0.2, 0.25) is 0 Å². The van der Waals surface area contributed by atoms with Crippen LogP contribution in [-0.2, 0) is 9.57 Å². The number of benzene rings is 3. The van der Waals surface area contributed by atoms with E-state index in [9.17, 15) is 15.3 Å². The second-order valence-corrected chi connectivity index (χ2v) is 8.06. The summed E-state index contributed by atoms with van der Waals surface area (Å²) >= 11 is 0. The Morgan fingerprint density at radius 1 is 0.971 bits per heavy atom. The summed E-state index contributed by atoms with van der Waals surface area (Å²) in [6.45, 7) is -0.475. The summed E-state index contributed by atoms with van der Waals surface area (Å²) in [5, 5.41) is 45.8. The third-order valence-corrected chi connectivity index (χ3v) is 5.91. The van der Waals surface area contributed by atoms with Crippen LogP contribution in [0.15, 0.2) is 84.1 Å². The quantitative estimate of drug-likeness (QED) is 0.298. The number of aliphatic hydroxyl groups excluding tert-OH is 3. The zero-order valence-corrected chi connectivity index (χ0v) is 18.1. The van der Waals surface area contributed by atoms with Gasteiger partial charge in [-0.1, -0.05) is 83.2 Å². The predicted molar refractivity (Wildman–Crippen MR) is 125 cm³/mol. The fourth-order valence-electron chi connectivity index (χ4n) is 4.14. The molecule has 0 radical (unpaired) electrons. The molecule has 0 spiro atoms. The van der Waals surface area contributed by atoms with Crippen molar-refractivity contribution in [3.8, 4) is 11.3 Å². The van der Waals surface area contributed by atoms with E-state index in [-0.39, 0.29) is 0 Å². The minimum Gasteiger partial charge on any atom is -0.394 e. The van der Waals surface area contributed by atoms with Crippen molar-refractivity contribution in [3.05, 3.63) is 84.6 Å². The van der Waals surface area contributed by atoms with Gasteiger partial charge >= 0.3 is 0 Å². The lowest BCUT2D eigenvalue weighted by Crippen LogP contribution is -2.56. The Bertz CT molecular complexity index is 1270. The SMILES string of the molecule is OC[C@H]1O[C@@H](O/N=C/c2cccc3ccccc23)[C@H](O)[C@@H](n2cc(-c3ccccc3)nn2)[C@H]1O. The number of fused-ring (bicyclic) bond motifs is 1. The summed E-state index contributed by atoms with van der Waals surface area (Å²) in [6.07, 6.45) is -1.64. The fraction of sp³-hybridized carbons (Fsp3) is 0.240. The van der Waals surface area contributed by atoms with Crippen LogP contribution in [0.25, 0.3) is 22.0 Å². The molecule has 2 heterocycles. The number of hydrogen-bond donors (Lipinski definition) is 3. The van der Waals surface area contributed by atoms with Crippen molar-refractivity contribution in [2.24, 2.45) is 5.16 Å². The first-order valence-electron chi connectivity index (χ1n) is 10.9. The highest BCUT2D eigenvalue weighted by atomic mass is 16.8. The molecule has 0 amide bonds. The van der Waals surface area contributed by atoms with Gasteiger partial charge in [-0.15, -0.1) is 5.10 Å². The number of aromatic nitrogens is 3. The Morgan fingerprint density at radius 2 is 1.74 bits per heavy atom. The molecule has 9 nitrogen and oxygen atoms in total. The topological polar surface area (TPSA) is 122 Å². The average molecular weight is 460 g/mol. The third kappa shape index (κ3) is 4.29. The second kappa shape index (κ2) is 9.70. The number of ether oxygens (including phenoxy) is 1. The van der Waals surface area contributed by atoms with Crippen molar-refractivity contribution in [3.63, 3.8) is 0 Å². The van der Waals surface area contributed by atoms with Crippen molar-refractivity contribution in [1.82, 2.24) is 15.0 Å². The van der Waals surface area contributed by atoms with Crippen LogP contribution in [0.5, 0.6) is 0 Å². The van der Waals surface area contributed by atoms with E-state index < -0.39 is 37.3 Å². The molecule has 1 saturated heterocycles. The van der Waals surface area contributed by atoms with Gasteiger partial charge in [0, 0.05) is 11.1 Å². The number of aliphatic hydroxyl groups is 3. The molecule has 1 aliphatic rings. The van der Waals surface area contributed by atoms with Gasteiger partial charge in [-0.3, -0.25) is 0 Å². The molecular weight excluding hydrogens is 436 g/mol. The Hall–Kier alpha value is -3.63. The molecule has 0 saturated carbocycles. The maximum absolute atomic E-state index is 11.0. The molecule has 34 heavy (non-hydrogen) atoms. The zero-order valence-electron chi connectivity index (χ0n) is 18.1. The molecule has 1 fully saturated rings. The van der Waals surface area contributed by atoms with Gasteiger partial charge in [0.15, 0.2) is 0 Å². The van der Waals surface area contributed by atoms with Crippen LogP contribution in [0.3, 0.4) is 0 Å². The van der Waals surface area contributed by atoms with Crippen LogP contribution in [0.1, 0.15) is 11.6 Å². The molecular formula is C25H24N4O5. The molecule has 9 heteroatoms. The molecule has 0 bridgehead atoms. The number of rotatable bonds is 6. The van der Waals surface area contributed by atoms with E-state index in [0.29, 0.717) is 5.69 Å². The van der Waals surface area contributed by atoms with Crippen LogP contribution < -0.4 is 0 Å². The molecule has 4 aromatic rings. The molecule has 0 aliphatic carbocycles. The molecule has 3 N–H and O–H groups in total. The van der Waals surface area contributed by atoms with Gasteiger partial charge in [-0.2, -0.15) is 0 Å². The first kappa shape index (κ1) is 22.2. The van der Waals surface area contributed by atoms with Gasteiger partial charge < -0.3 is 24.9 Å². The average Bonchev–Trinajstić information content (AvgIpc) is 3.36. The summed E-state index contributed by atoms with van der Waals surface area (Å²) < 4.78 is 6.95. The molecule has 5 rings (SSSR count). The van der Waals surface area contributed by atoms with Crippen LogP contribution >= 0.6 is 0 Å². The van der Waals surface area contributed by atoms with Crippen LogP contribution in [0.4, 0.5) is 0 Å². The van der Waals surface area contributed by atoms with E-state index in [1.54, 1.807) is 6.20 Å². The van der Waals surface area contributed by atoms with E-state index >= 15 is 0 Å². The smallest absolute Gasteiger partial charge is 0.255 e. The summed E-state index contributed by atoms with van der Waals surface area (Å²) in [4.78, 5) is 5.49. The Labute approximate surface area is 195 Å². The Kier molecular flexibility index (Phi) is 6.33. The van der Waals surface area contributed by atoms with Gasteiger partial charge in [0.25, 0.3) is 6.29 Å². The highest BCUT2D eigenvalue weighted by Gasteiger charge is 2.47. The lowest BCUT2D eigenvalue weighted by Gasteiger charge is -2.40. The third-order valence-electron chi connectivity index (χ3n) is 5.91. The minimum absolute atomic E-state index is 0.475. The van der Waals surface area contributed by atoms with Crippen molar-refractivity contribution < 1.29 is 24.9 Å². The Morgan fingerprint density at radius 3 is 2.56 bits per heavy atom. The molecule has 3 aromatic carbocycles. The van der Waals surface area contributed by atoms with Gasteiger partial charge in [-0.25, -0.2) is 4.68 Å². The lowest BCUT2D eigenvalue weighted by molar-refractivity contribution is -0.287. The summed E-state index contributed by atoms with van der Waals surface area (Å²) in [5.74, 6) is 0. The number of hydrogen-bond acceptors (Lipinski definition) is 8. The predicted octanol–water partition coefficient (Wildman–Crippen LogP) is 2.13. The zero-order chi connectivity index (χ0) is 23.5.